The van der Waals surface area contributed by atoms with Gasteiger partial charge in [0, 0.05) is 0 Å². The fourth-order valence-corrected chi connectivity index (χ4v) is 0.893. The molecule has 0 N–H and O–H groups in total. The summed E-state index contributed by atoms with van der Waals surface area (Å²) >= 11 is 0. The molecule has 0 aromatic rings. The van der Waals surface area contributed by atoms with E-state index in [0.717, 1.165) is 11.1 Å². The summed E-state index contributed by atoms with van der Waals surface area (Å²) in [4.78, 5) is 11.0. The standard InChI is InChI=1S/C12H18O/c1-6-12(7-9(2)3)8-10(4)11(5)13/h6-8H,1-5H3/b10-8-,12-6-. The van der Waals surface area contributed by atoms with E-state index in [4.69, 9.17) is 0 Å². The van der Waals surface area contributed by atoms with Gasteiger partial charge >= 0.3 is 0 Å². The summed E-state index contributed by atoms with van der Waals surface area (Å²) < 4.78 is 0. The van der Waals surface area contributed by atoms with Gasteiger partial charge in [-0.15, -0.1) is 0 Å². The van der Waals surface area contributed by atoms with E-state index in [1.54, 1.807) is 6.92 Å². The van der Waals surface area contributed by atoms with Gasteiger partial charge in [0.15, 0.2) is 5.78 Å². The number of carbonyl (C=O) groups is 1. The molecule has 0 aromatic heterocycles. The molecule has 0 aromatic carbocycles. The van der Waals surface area contributed by atoms with Crippen LogP contribution in [-0.2, 0) is 4.79 Å². The van der Waals surface area contributed by atoms with E-state index < -0.39 is 0 Å². The minimum absolute atomic E-state index is 0.126. The van der Waals surface area contributed by atoms with Gasteiger partial charge in [0.2, 0.25) is 0 Å². The Morgan fingerprint density at radius 3 is 1.85 bits per heavy atom. The first-order chi connectivity index (χ1) is 5.97. The van der Waals surface area contributed by atoms with Crippen LogP contribution in [0, 0.1) is 0 Å². The minimum Gasteiger partial charge on any atom is -0.295 e. The Bertz CT molecular complexity index is 273. The molecular weight excluding hydrogens is 160 g/mol. The molecule has 0 radical (unpaired) electrons. The fourth-order valence-electron chi connectivity index (χ4n) is 0.893. The van der Waals surface area contributed by atoms with Crippen LogP contribution >= 0.6 is 0 Å². The Morgan fingerprint density at radius 1 is 1.00 bits per heavy atom. The molecule has 0 heterocycles. The molecule has 0 rings (SSSR count). The Hall–Kier alpha value is -1.11. The molecule has 0 spiro atoms. The summed E-state index contributed by atoms with van der Waals surface area (Å²) in [6.07, 6.45) is 5.97. The largest absolute Gasteiger partial charge is 0.295 e. The highest BCUT2D eigenvalue weighted by Crippen LogP contribution is 2.07. The van der Waals surface area contributed by atoms with Crippen LogP contribution < -0.4 is 0 Å². The predicted molar refractivity (Wildman–Crippen MR) is 57.6 cm³/mol. The SMILES string of the molecule is C/C=C(C=C(C)C)\C=C(\C)C(C)=O. The molecular formula is C12H18O. The van der Waals surface area contributed by atoms with Crippen molar-refractivity contribution >= 4 is 5.78 Å². The van der Waals surface area contributed by atoms with Crippen molar-refractivity contribution in [2.75, 3.05) is 0 Å². The molecule has 13 heavy (non-hydrogen) atoms. The summed E-state index contributed by atoms with van der Waals surface area (Å²) in [7, 11) is 0. The van der Waals surface area contributed by atoms with E-state index in [-0.39, 0.29) is 5.78 Å². The number of hydrogen-bond acceptors (Lipinski definition) is 1. The van der Waals surface area contributed by atoms with Gasteiger partial charge in [-0.25, -0.2) is 0 Å². The molecule has 0 aliphatic rings. The summed E-state index contributed by atoms with van der Waals surface area (Å²) in [5.74, 6) is 0.126. The maximum Gasteiger partial charge on any atom is 0.155 e. The molecule has 0 fully saturated rings. The van der Waals surface area contributed by atoms with Crippen molar-refractivity contribution in [3.8, 4) is 0 Å². The molecule has 1 nitrogen and oxygen atoms in total. The zero-order chi connectivity index (χ0) is 10.4. The third-order valence-electron chi connectivity index (χ3n) is 1.73. The van der Waals surface area contributed by atoms with Crippen molar-refractivity contribution in [1.82, 2.24) is 0 Å². The van der Waals surface area contributed by atoms with Gasteiger partial charge in [-0.1, -0.05) is 17.7 Å². The Labute approximate surface area is 80.8 Å². The van der Waals surface area contributed by atoms with E-state index in [9.17, 15) is 4.79 Å². The van der Waals surface area contributed by atoms with Crippen LogP contribution in [0.25, 0.3) is 0 Å². The van der Waals surface area contributed by atoms with Crippen molar-refractivity contribution in [3.63, 3.8) is 0 Å². The maximum absolute atomic E-state index is 11.0. The lowest BCUT2D eigenvalue weighted by molar-refractivity contribution is -0.113. The fraction of sp³-hybridized carbons (Fsp3) is 0.417. The normalized spacial score (nSPS) is 12.7. The molecule has 0 aliphatic carbocycles. The van der Waals surface area contributed by atoms with Gasteiger partial charge in [0.25, 0.3) is 0 Å². The minimum atomic E-state index is 0.126. The van der Waals surface area contributed by atoms with E-state index in [2.05, 4.69) is 6.08 Å². The number of allylic oxidation sites excluding steroid dienone is 6. The van der Waals surface area contributed by atoms with Gasteiger partial charge in [0.05, 0.1) is 0 Å². The maximum atomic E-state index is 11.0. The summed E-state index contributed by atoms with van der Waals surface area (Å²) in [6, 6.07) is 0. The van der Waals surface area contributed by atoms with E-state index in [1.165, 1.54) is 5.57 Å². The van der Waals surface area contributed by atoms with E-state index >= 15 is 0 Å². The third-order valence-corrected chi connectivity index (χ3v) is 1.73. The summed E-state index contributed by atoms with van der Waals surface area (Å²) in [6.45, 7) is 9.48. The first kappa shape index (κ1) is 11.9. The van der Waals surface area contributed by atoms with Crippen LogP contribution in [0.3, 0.4) is 0 Å². The molecule has 0 bridgehead atoms. The van der Waals surface area contributed by atoms with E-state index in [1.807, 2.05) is 39.8 Å². The average Bonchev–Trinajstić information content (AvgIpc) is 2.02. The van der Waals surface area contributed by atoms with Crippen molar-refractivity contribution in [3.05, 3.63) is 34.9 Å². The molecule has 1 heteroatoms. The van der Waals surface area contributed by atoms with Gasteiger partial charge in [-0.05, 0) is 51.8 Å². The molecule has 0 amide bonds. The highest BCUT2D eigenvalue weighted by Gasteiger charge is 1.96. The van der Waals surface area contributed by atoms with Crippen molar-refractivity contribution in [2.45, 2.75) is 34.6 Å². The molecule has 72 valence electrons. The monoisotopic (exact) mass is 178 g/mol. The molecule has 0 unspecified atom stereocenters. The Kier molecular flexibility index (Phi) is 5.05. The second kappa shape index (κ2) is 5.52. The van der Waals surface area contributed by atoms with E-state index in [0.29, 0.717) is 0 Å². The molecule has 0 atom stereocenters. The average molecular weight is 178 g/mol. The topological polar surface area (TPSA) is 17.1 Å². The number of hydrogen-bond donors (Lipinski definition) is 0. The van der Waals surface area contributed by atoms with Gasteiger partial charge in [-0.3, -0.25) is 4.79 Å². The third kappa shape index (κ3) is 5.18. The van der Waals surface area contributed by atoms with Crippen molar-refractivity contribution < 1.29 is 4.79 Å². The number of Topliss-reactive ketones (excluding diaryl/α,β-unsaturated/α-hetero) is 1. The van der Waals surface area contributed by atoms with Crippen LogP contribution in [0.1, 0.15) is 34.6 Å². The lowest BCUT2D eigenvalue weighted by atomic mass is 10.1. The van der Waals surface area contributed by atoms with Crippen LogP contribution in [0.2, 0.25) is 0 Å². The van der Waals surface area contributed by atoms with Crippen LogP contribution in [0.4, 0.5) is 0 Å². The second-order valence-electron chi connectivity index (χ2n) is 3.39. The summed E-state index contributed by atoms with van der Waals surface area (Å²) in [5, 5.41) is 0. The quantitative estimate of drug-likeness (QED) is 0.478. The highest BCUT2D eigenvalue weighted by molar-refractivity contribution is 5.93. The smallest absolute Gasteiger partial charge is 0.155 e. The highest BCUT2D eigenvalue weighted by atomic mass is 16.1. The van der Waals surface area contributed by atoms with Gasteiger partial charge < -0.3 is 0 Å². The Morgan fingerprint density at radius 2 is 1.54 bits per heavy atom. The second-order valence-corrected chi connectivity index (χ2v) is 3.39. The molecule has 0 saturated heterocycles. The number of rotatable bonds is 3. The Balaban J connectivity index is 4.76. The van der Waals surface area contributed by atoms with Crippen LogP contribution in [-0.4, -0.2) is 5.78 Å². The van der Waals surface area contributed by atoms with Crippen molar-refractivity contribution in [2.24, 2.45) is 0 Å². The molecule has 0 saturated carbocycles. The first-order valence-electron chi connectivity index (χ1n) is 4.47. The lowest BCUT2D eigenvalue weighted by Crippen LogP contribution is -1.91. The van der Waals surface area contributed by atoms with Gasteiger partial charge in [-0.2, -0.15) is 0 Å². The van der Waals surface area contributed by atoms with Crippen LogP contribution in [0.15, 0.2) is 34.9 Å². The number of ketones is 1. The van der Waals surface area contributed by atoms with Crippen LogP contribution in [0.5, 0.6) is 0 Å². The zero-order valence-corrected chi connectivity index (χ0v) is 9.14. The number of carbonyl (C=O) groups excluding carboxylic acids is 1. The summed E-state index contributed by atoms with van der Waals surface area (Å²) in [5.41, 5.74) is 3.12. The van der Waals surface area contributed by atoms with Gasteiger partial charge in [0.1, 0.15) is 0 Å². The first-order valence-corrected chi connectivity index (χ1v) is 4.47. The molecule has 0 aliphatic heterocycles. The predicted octanol–water partition coefficient (Wildman–Crippen LogP) is 3.43. The van der Waals surface area contributed by atoms with Crippen molar-refractivity contribution in [1.29, 1.82) is 0 Å². The zero-order valence-electron chi connectivity index (χ0n) is 9.14. The lowest BCUT2D eigenvalue weighted by Gasteiger charge is -1.97.